The van der Waals surface area contributed by atoms with Gasteiger partial charge in [0.15, 0.2) is 0 Å². The highest BCUT2D eigenvalue weighted by atomic mass is 16.3. The minimum atomic E-state index is -0.0378. The molecule has 0 aliphatic heterocycles. The zero-order valence-corrected chi connectivity index (χ0v) is 12.9. The van der Waals surface area contributed by atoms with Crippen molar-refractivity contribution in [2.75, 3.05) is 20.6 Å². The van der Waals surface area contributed by atoms with Crippen molar-refractivity contribution in [1.29, 1.82) is 0 Å². The second-order valence-electron chi connectivity index (χ2n) is 5.93. The number of aryl methyl sites for hydroxylation is 1. The highest BCUT2D eigenvalue weighted by molar-refractivity contribution is 5.16. The smallest absolute Gasteiger partial charge is 0.133 e. The molecule has 0 aliphatic rings. The normalized spacial score (nSPS) is 13.9. The van der Waals surface area contributed by atoms with Gasteiger partial charge in [0.1, 0.15) is 17.6 Å². The molecule has 0 aliphatic carbocycles. The predicted molar refractivity (Wildman–Crippen MR) is 79.5 cm³/mol. The predicted octanol–water partition coefficient (Wildman–Crippen LogP) is 2.03. The van der Waals surface area contributed by atoms with E-state index in [1.807, 2.05) is 36.1 Å². The second-order valence-corrected chi connectivity index (χ2v) is 5.93. The second kappa shape index (κ2) is 5.81. The van der Waals surface area contributed by atoms with Crippen molar-refractivity contribution in [2.24, 2.45) is 7.05 Å². The van der Waals surface area contributed by atoms with Crippen molar-refractivity contribution in [3.8, 4) is 0 Å². The summed E-state index contributed by atoms with van der Waals surface area (Å²) in [5.74, 6) is 1.84. The Labute approximate surface area is 120 Å². The molecule has 0 saturated carbocycles. The number of imidazole rings is 1. The SMILES string of the molecule is CN(C)C(C)(C)CNC(c1ccco1)c1nccn1C. The maximum absolute atomic E-state index is 5.57. The quantitative estimate of drug-likeness (QED) is 0.877. The molecular weight excluding hydrogens is 252 g/mol. The van der Waals surface area contributed by atoms with Gasteiger partial charge in [-0.15, -0.1) is 0 Å². The third kappa shape index (κ3) is 3.11. The van der Waals surface area contributed by atoms with Crippen LogP contribution < -0.4 is 5.32 Å². The van der Waals surface area contributed by atoms with Crippen LogP contribution in [0.15, 0.2) is 35.2 Å². The summed E-state index contributed by atoms with van der Waals surface area (Å²) >= 11 is 0. The Morgan fingerprint density at radius 2 is 2.20 bits per heavy atom. The monoisotopic (exact) mass is 276 g/mol. The summed E-state index contributed by atoms with van der Waals surface area (Å²) in [5, 5.41) is 3.57. The Bertz CT molecular complexity index is 528. The van der Waals surface area contributed by atoms with Crippen molar-refractivity contribution < 1.29 is 4.42 Å². The van der Waals surface area contributed by atoms with Gasteiger partial charge in [0.25, 0.3) is 0 Å². The van der Waals surface area contributed by atoms with Crippen LogP contribution in [0, 0.1) is 0 Å². The fraction of sp³-hybridized carbons (Fsp3) is 0.533. The van der Waals surface area contributed by atoms with E-state index in [1.54, 1.807) is 6.26 Å². The summed E-state index contributed by atoms with van der Waals surface area (Å²) < 4.78 is 7.59. The average Bonchev–Trinajstić information content (AvgIpc) is 3.02. The zero-order valence-electron chi connectivity index (χ0n) is 12.9. The molecule has 2 rings (SSSR count). The fourth-order valence-corrected chi connectivity index (χ4v) is 1.94. The minimum Gasteiger partial charge on any atom is -0.467 e. The van der Waals surface area contributed by atoms with E-state index < -0.39 is 0 Å². The lowest BCUT2D eigenvalue weighted by atomic mass is 10.0. The van der Waals surface area contributed by atoms with Gasteiger partial charge in [0.05, 0.1) is 6.26 Å². The summed E-state index contributed by atoms with van der Waals surface area (Å²) in [4.78, 5) is 6.65. The largest absolute Gasteiger partial charge is 0.467 e. The minimum absolute atomic E-state index is 0.0378. The molecule has 0 radical (unpaired) electrons. The number of aromatic nitrogens is 2. The van der Waals surface area contributed by atoms with Crippen LogP contribution in [-0.4, -0.2) is 40.6 Å². The summed E-state index contributed by atoms with van der Waals surface area (Å²) in [6.45, 7) is 5.24. The third-order valence-electron chi connectivity index (χ3n) is 3.89. The molecule has 0 spiro atoms. The van der Waals surface area contributed by atoms with Crippen LogP contribution in [0.4, 0.5) is 0 Å². The molecule has 0 bridgehead atoms. The number of hydrogen-bond donors (Lipinski definition) is 1. The molecule has 110 valence electrons. The van der Waals surface area contributed by atoms with Crippen LogP contribution in [0.25, 0.3) is 0 Å². The molecule has 2 aromatic rings. The lowest BCUT2D eigenvalue weighted by Crippen LogP contribution is -2.47. The first-order chi connectivity index (χ1) is 9.42. The van der Waals surface area contributed by atoms with Gasteiger partial charge in [0.2, 0.25) is 0 Å². The van der Waals surface area contributed by atoms with E-state index in [0.29, 0.717) is 0 Å². The van der Waals surface area contributed by atoms with E-state index >= 15 is 0 Å². The zero-order chi connectivity index (χ0) is 14.8. The van der Waals surface area contributed by atoms with Gasteiger partial charge in [-0.2, -0.15) is 0 Å². The Hall–Kier alpha value is -1.59. The highest BCUT2D eigenvalue weighted by Crippen LogP contribution is 2.22. The number of nitrogens with one attached hydrogen (secondary N) is 1. The lowest BCUT2D eigenvalue weighted by Gasteiger charge is -2.34. The molecule has 2 aromatic heterocycles. The van der Waals surface area contributed by atoms with E-state index in [-0.39, 0.29) is 11.6 Å². The first-order valence-corrected chi connectivity index (χ1v) is 6.83. The summed E-state index contributed by atoms with van der Waals surface area (Å²) in [5.41, 5.74) is 0.0516. The number of nitrogens with zero attached hydrogens (tertiary/aromatic N) is 3. The molecule has 0 aromatic carbocycles. The van der Waals surface area contributed by atoms with Crippen LogP contribution >= 0.6 is 0 Å². The lowest BCUT2D eigenvalue weighted by molar-refractivity contribution is 0.184. The van der Waals surface area contributed by atoms with Crippen LogP contribution in [0.2, 0.25) is 0 Å². The maximum Gasteiger partial charge on any atom is 0.133 e. The van der Waals surface area contributed by atoms with Crippen molar-refractivity contribution in [3.63, 3.8) is 0 Å². The molecule has 1 atom stereocenters. The summed E-state index contributed by atoms with van der Waals surface area (Å²) in [7, 11) is 6.17. The summed E-state index contributed by atoms with van der Waals surface area (Å²) in [6, 6.07) is 3.85. The standard InChI is InChI=1S/C15H24N4O/c1-15(2,18(3)4)11-17-13(12-7-6-10-20-12)14-16-8-9-19(14)5/h6-10,13,17H,11H2,1-5H3. The van der Waals surface area contributed by atoms with Crippen molar-refractivity contribution in [2.45, 2.75) is 25.4 Å². The van der Waals surface area contributed by atoms with E-state index in [9.17, 15) is 0 Å². The van der Waals surface area contributed by atoms with Crippen molar-refractivity contribution >= 4 is 0 Å². The van der Waals surface area contributed by atoms with Gasteiger partial charge in [-0.05, 0) is 40.1 Å². The van der Waals surface area contributed by atoms with Crippen LogP contribution in [0.1, 0.15) is 31.5 Å². The number of likely N-dealkylation sites (N-methyl/N-ethyl adjacent to an activating group) is 1. The Kier molecular flexibility index (Phi) is 4.30. The van der Waals surface area contributed by atoms with Gasteiger partial charge in [-0.1, -0.05) is 0 Å². The number of furan rings is 1. The summed E-state index contributed by atoms with van der Waals surface area (Å²) in [6.07, 6.45) is 5.46. The van der Waals surface area contributed by atoms with Crippen LogP contribution in [0.5, 0.6) is 0 Å². The molecule has 0 amide bonds. The highest BCUT2D eigenvalue weighted by Gasteiger charge is 2.26. The van der Waals surface area contributed by atoms with Gasteiger partial charge < -0.3 is 13.9 Å². The van der Waals surface area contributed by atoms with E-state index in [4.69, 9.17) is 4.42 Å². The molecule has 1 unspecified atom stereocenters. The van der Waals surface area contributed by atoms with Crippen LogP contribution in [0.3, 0.4) is 0 Å². The molecule has 1 N–H and O–H groups in total. The van der Waals surface area contributed by atoms with Gasteiger partial charge in [0, 0.05) is 31.5 Å². The first-order valence-electron chi connectivity index (χ1n) is 6.83. The molecule has 0 fully saturated rings. The topological polar surface area (TPSA) is 46.2 Å². The maximum atomic E-state index is 5.57. The first kappa shape index (κ1) is 14.8. The fourth-order valence-electron chi connectivity index (χ4n) is 1.94. The molecule has 0 saturated heterocycles. The van der Waals surface area contributed by atoms with E-state index in [2.05, 4.69) is 43.1 Å². The number of rotatable bonds is 6. The third-order valence-corrected chi connectivity index (χ3v) is 3.89. The Morgan fingerprint density at radius 1 is 1.45 bits per heavy atom. The van der Waals surface area contributed by atoms with Gasteiger partial charge in [-0.25, -0.2) is 4.98 Å². The Balaban J connectivity index is 2.19. The Morgan fingerprint density at radius 3 is 2.70 bits per heavy atom. The molecular formula is C15H24N4O. The van der Waals surface area contributed by atoms with Crippen molar-refractivity contribution in [3.05, 3.63) is 42.4 Å². The average molecular weight is 276 g/mol. The van der Waals surface area contributed by atoms with Gasteiger partial charge in [-0.3, -0.25) is 5.32 Å². The van der Waals surface area contributed by atoms with Gasteiger partial charge >= 0.3 is 0 Å². The molecule has 5 heteroatoms. The molecule has 5 nitrogen and oxygen atoms in total. The van der Waals surface area contributed by atoms with Crippen LogP contribution in [-0.2, 0) is 7.05 Å². The van der Waals surface area contributed by atoms with Crippen molar-refractivity contribution in [1.82, 2.24) is 19.8 Å². The van der Waals surface area contributed by atoms with E-state index in [0.717, 1.165) is 18.1 Å². The number of hydrogen-bond acceptors (Lipinski definition) is 4. The molecule has 2 heterocycles. The van der Waals surface area contributed by atoms with E-state index in [1.165, 1.54) is 0 Å². The molecule has 20 heavy (non-hydrogen) atoms.